The summed E-state index contributed by atoms with van der Waals surface area (Å²) in [7, 11) is 0. The normalized spacial score (nSPS) is 15.4. The van der Waals surface area contributed by atoms with Gasteiger partial charge in [0.25, 0.3) is 0 Å². The molecule has 9 heteroatoms. The third-order valence-electron chi connectivity index (χ3n) is 4.43. The summed E-state index contributed by atoms with van der Waals surface area (Å²) in [5.41, 5.74) is 0.616. The Kier molecular flexibility index (Phi) is 4.26. The molecule has 1 saturated heterocycles. The fourth-order valence-corrected chi connectivity index (χ4v) is 4.56. The Labute approximate surface area is 151 Å². The lowest BCUT2D eigenvalue weighted by Gasteiger charge is -2.15. The second kappa shape index (κ2) is 6.44. The Balaban J connectivity index is 1.74. The second-order valence-electron chi connectivity index (χ2n) is 6.02. The van der Waals surface area contributed by atoms with E-state index in [0.29, 0.717) is 27.5 Å². The van der Waals surface area contributed by atoms with Crippen LogP contribution in [0.4, 0.5) is 10.2 Å². The number of benzene rings is 1. The number of aromatic carboxylic acids is 1. The Morgan fingerprint density at radius 1 is 1.40 bits per heavy atom. The van der Waals surface area contributed by atoms with Gasteiger partial charge in [0.15, 0.2) is 10.7 Å². The van der Waals surface area contributed by atoms with E-state index >= 15 is 0 Å². The molecule has 1 aliphatic heterocycles. The van der Waals surface area contributed by atoms with Crippen LogP contribution in [0.5, 0.6) is 0 Å². The maximum Gasteiger partial charge on any atom is 0.358 e. The molecule has 0 aliphatic carbocycles. The topological polar surface area (TPSA) is 69.9 Å². The fourth-order valence-electron chi connectivity index (χ4n) is 3.23. The van der Waals surface area contributed by atoms with Crippen LogP contribution in [-0.2, 0) is 0 Å². The summed E-state index contributed by atoms with van der Waals surface area (Å²) in [5.74, 6) is -1.18. The van der Waals surface area contributed by atoms with E-state index in [4.69, 9.17) is 11.6 Å². The minimum atomic E-state index is -1.10. The Bertz CT molecular complexity index is 964. The van der Waals surface area contributed by atoms with Gasteiger partial charge >= 0.3 is 5.97 Å². The number of nitrogens with one attached hydrogen (secondary N) is 1. The van der Waals surface area contributed by atoms with Gasteiger partial charge in [-0.3, -0.25) is 4.40 Å². The van der Waals surface area contributed by atoms with Gasteiger partial charge < -0.3 is 15.3 Å². The number of nitrogens with zero attached hydrogens (tertiary/aromatic N) is 3. The average Bonchev–Trinajstić information content (AvgIpc) is 3.27. The van der Waals surface area contributed by atoms with Crippen LogP contribution in [0, 0.1) is 5.82 Å². The molecular weight excluding hydrogens is 367 g/mol. The number of aromatic nitrogens is 2. The number of fused-ring (bicyclic) bond motifs is 3. The maximum atomic E-state index is 13.7. The second-order valence-corrected chi connectivity index (χ2v) is 7.37. The number of thiazole rings is 1. The molecule has 0 bridgehead atoms. The number of imidazole rings is 1. The lowest BCUT2D eigenvalue weighted by molar-refractivity contribution is 0.0692. The molecule has 0 radical (unpaired) electrons. The molecule has 2 aromatic heterocycles. The minimum Gasteiger partial charge on any atom is -0.476 e. The standard InChI is InChI=1S/C16H16ClFN4O2S/c17-11-9(18)3-4-10-13(11)25-16-20-12(15(23)24)14(22(10)16)19-5-8-21-6-1-2-7-21/h3-4,19H,1-2,5-8H2,(H,23,24). The van der Waals surface area contributed by atoms with Crippen LogP contribution in [0.2, 0.25) is 5.02 Å². The Morgan fingerprint density at radius 3 is 2.88 bits per heavy atom. The highest BCUT2D eigenvalue weighted by atomic mass is 35.5. The van der Waals surface area contributed by atoms with Gasteiger partial charge in [0.2, 0.25) is 0 Å². The van der Waals surface area contributed by atoms with Gasteiger partial charge in [-0.2, -0.15) is 0 Å². The van der Waals surface area contributed by atoms with E-state index in [1.54, 1.807) is 10.5 Å². The first-order chi connectivity index (χ1) is 12.1. The van der Waals surface area contributed by atoms with Gasteiger partial charge in [-0.1, -0.05) is 22.9 Å². The van der Waals surface area contributed by atoms with Gasteiger partial charge in [-0.25, -0.2) is 14.2 Å². The molecule has 3 aromatic rings. The van der Waals surface area contributed by atoms with Crippen LogP contribution >= 0.6 is 22.9 Å². The number of hydrogen-bond donors (Lipinski definition) is 2. The molecule has 0 spiro atoms. The molecule has 1 aliphatic rings. The van der Waals surface area contributed by atoms with E-state index in [1.165, 1.54) is 30.2 Å². The van der Waals surface area contributed by atoms with E-state index in [1.807, 2.05) is 0 Å². The number of carboxylic acids is 1. The quantitative estimate of drug-likeness (QED) is 0.706. The fraction of sp³-hybridized carbons (Fsp3) is 0.375. The zero-order valence-electron chi connectivity index (χ0n) is 13.3. The first-order valence-corrected chi connectivity index (χ1v) is 9.24. The average molecular weight is 383 g/mol. The summed E-state index contributed by atoms with van der Waals surface area (Å²) < 4.78 is 16.0. The predicted octanol–water partition coefficient (Wildman–Crippen LogP) is 3.55. The molecule has 6 nitrogen and oxygen atoms in total. The summed E-state index contributed by atoms with van der Waals surface area (Å²) in [6.07, 6.45) is 2.41. The SMILES string of the molecule is O=C(O)c1nc2sc3c(Cl)c(F)ccc3n2c1NCCN1CCCC1. The van der Waals surface area contributed by atoms with E-state index in [2.05, 4.69) is 15.2 Å². The molecule has 1 aromatic carbocycles. The number of halogens is 2. The molecule has 0 saturated carbocycles. The van der Waals surface area contributed by atoms with Crippen molar-refractivity contribution in [3.63, 3.8) is 0 Å². The van der Waals surface area contributed by atoms with Gasteiger partial charge in [0, 0.05) is 13.1 Å². The van der Waals surface area contributed by atoms with E-state index in [-0.39, 0.29) is 10.7 Å². The van der Waals surface area contributed by atoms with Crippen molar-refractivity contribution in [2.24, 2.45) is 0 Å². The van der Waals surface area contributed by atoms with Crippen LogP contribution in [0.15, 0.2) is 12.1 Å². The van der Waals surface area contributed by atoms with Crippen molar-refractivity contribution in [3.05, 3.63) is 28.7 Å². The van der Waals surface area contributed by atoms with Crippen molar-refractivity contribution in [2.45, 2.75) is 12.8 Å². The number of carbonyl (C=O) groups is 1. The Morgan fingerprint density at radius 2 is 2.16 bits per heavy atom. The van der Waals surface area contributed by atoms with Crippen LogP contribution in [0.1, 0.15) is 23.3 Å². The summed E-state index contributed by atoms with van der Waals surface area (Å²) in [6.45, 7) is 3.60. The largest absolute Gasteiger partial charge is 0.476 e. The number of carboxylic acid groups (broad SMARTS) is 1. The monoisotopic (exact) mass is 382 g/mol. The molecule has 132 valence electrons. The van der Waals surface area contributed by atoms with Crippen LogP contribution < -0.4 is 5.32 Å². The molecule has 25 heavy (non-hydrogen) atoms. The van der Waals surface area contributed by atoms with Crippen molar-refractivity contribution in [1.29, 1.82) is 0 Å². The zero-order chi connectivity index (χ0) is 17.6. The summed E-state index contributed by atoms with van der Waals surface area (Å²) in [5, 5.41) is 12.7. The zero-order valence-corrected chi connectivity index (χ0v) is 14.8. The van der Waals surface area contributed by atoms with E-state index in [9.17, 15) is 14.3 Å². The first kappa shape index (κ1) is 16.6. The number of rotatable bonds is 5. The molecule has 1 fully saturated rings. The van der Waals surface area contributed by atoms with Gasteiger partial charge in [0.05, 0.1) is 15.2 Å². The molecular formula is C16H16ClFN4O2S. The highest BCUT2D eigenvalue weighted by Crippen LogP contribution is 2.36. The van der Waals surface area contributed by atoms with Crippen molar-refractivity contribution in [2.75, 3.05) is 31.5 Å². The highest BCUT2D eigenvalue weighted by molar-refractivity contribution is 7.24. The van der Waals surface area contributed by atoms with Crippen molar-refractivity contribution < 1.29 is 14.3 Å². The molecule has 0 atom stereocenters. The van der Waals surface area contributed by atoms with E-state index < -0.39 is 11.8 Å². The molecule has 3 heterocycles. The number of anilines is 1. The minimum absolute atomic E-state index is 0.0324. The third-order valence-corrected chi connectivity index (χ3v) is 5.99. The summed E-state index contributed by atoms with van der Waals surface area (Å²) in [6, 6.07) is 2.88. The molecule has 2 N–H and O–H groups in total. The Hall–Kier alpha value is -1.90. The van der Waals surface area contributed by atoms with Crippen molar-refractivity contribution in [3.8, 4) is 0 Å². The lowest BCUT2D eigenvalue weighted by Crippen LogP contribution is -2.26. The number of likely N-dealkylation sites (tertiary alicyclic amines) is 1. The molecule has 4 rings (SSSR count). The smallest absolute Gasteiger partial charge is 0.358 e. The lowest BCUT2D eigenvalue weighted by atomic mass is 10.3. The van der Waals surface area contributed by atoms with E-state index in [0.717, 1.165) is 19.6 Å². The van der Waals surface area contributed by atoms with Gasteiger partial charge in [0.1, 0.15) is 11.6 Å². The van der Waals surface area contributed by atoms with Gasteiger partial charge in [-0.15, -0.1) is 0 Å². The maximum absolute atomic E-state index is 13.7. The van der Waals surface area contributed by atoms with Crippen LogP contribution in [0.3, 0.4) is 0 Å². The van der Waals surface area contributed by atoms with Crippen molar-refractivity contribution >= 4 is 49.9 Å². The predicted molar refractivity (Wildman–Crippen MR) is 96.7 cm³/mol. The van der Waals surface area contributed by atoms with Crippen LogP contribution in [0.25, 0.3) is 15.2 Å². The highest BCUT2D eigenvalue weighted by Gasteiger charge is 2.23. The van der Waals surface area contributed by atoms with Gasteiger partial charge in [-0.05, 0) is 38.1 Å². The van der Waals surface area contributed by atoms with Crippen LogP contribution in [-0.4, -0.2) is 51.5 Å². The summed E-state index contributed by atoms with van der Waals surface area (Å²) >= 11 is 7.23. The molecule has 0 amide bonds. The first-order valence-electron chi connectivity index (χ1n) is 8.04. The molecule has 0 unspecified atom stereocenters. The van der Waals surface area contributed by atoms with Crippen molar-refractivity contribution in [1.82, 2.24) is 14.3 Å². The summed E-state index contributed by atoms with van der Waals surface area (Å²) in [4.78, 5) is 18.6. The third kappa shape index (κ3) is 2.84. The number of hydrogen-bond acceptors (Lipinski definition) is 5.